The van der Waals surface area contributed by atoms with E-state index in [1.54, 1.807) is 19.2 Å². The second-order valence-corrected chi connectivity index (χ2v) is 7.65. The second-order valence-electron chi connectivity index (χ2n) is 7.65. The third-order valence-electron chi connectivity index (χ3n) is 5.14. The van der Waals surface area contributed by atoms with Crippen molar-refractivity contribution >= 4 is 22.4 Å². The number of anilines is 1. The van der Waals surface area contributed by atoms with Crippen LogP contribution in [0.25, 0.3) is 10.8 Å². The molecule has 0 radical (unpaired) electrons. The summed E-state index contributed by atoms with van der Waals surface area (Å²) in [6.07, 6.45) is 0. The van der Waals surface area contributed by atoms with Crippen LogP contribution in [0.4, 0.5) is 5.69 Å². The zero-order valence-electron chi connectivity index (χ0n) is 17.9. The summed E-state index contributed by atoms with van der Waals surface area (Å²) in [7, 11) is 1.62. The normalized spacial score (nSPS) is 10.7. The van der Waals surface area contributed by atoms with Crippen molar-refractivity contribution < 1.29 is 14.3 Å². The van der Waals surface area contributed by atoms with Crippen molar-refractivity contribution in [2.24, 2.45) is 0 Å². The molecule has 0 aromatic heterocycles. The van der Waals surface area contributed by atoms with Gasteiger partial charge in [0.05, 0.1) is 7.11 Å². The van der Waals surface area contributed by atoms with Gasteiger partial charge < -0.3 is 14.8 Å². The predicted octanol–water partition coefficient (Wildman–Crippen LogP) is 6.30. The highest BCUT2D eigenvalue weighted by Crippen LogP contribution is 2.25. The Morgan fingerprint density at radius 2 is 1.58 bits per heavy atom. The molecule has 0 aliphatic heterocycles. The molecular weight excluding hydrogens is 386 g/mol. The van der Waals surface area contributed by atoms with E-state index in [1.807, 2.05) is 62.4 Å². The largest absolute Gasteiger partial charge is 0.496 e. The van der Waals surface area contributed by atoms with Crippen LogP contribution in [0.2, 0.25) is 0 Å². The van der Waals surface area contributed by atoms with Crippen molar-refractivity contribution in [2.45, 2.75) is 20.5 Å². The van der Waals surface area contributed by atoms with E-state index in [-0.39, 0.29) is 5.91 Å². The molecule has 0 fully saturated rings. The third-order valence-corrected chi connectivity index (χ3v) is 5.14. The van der Waals surface area contributed by atoms with E-state index in [9.17, 15) is 4.79 Å². The monoisotopic (exact) mass is 411 g/mol. The molecule has 4 aromatic rings. The summed E-state index contributed by atoms with van der Waals surface area (Å²) in [5.41, 5.74) is 4.36. The molecule has 0 spiro atoms. The van der Waals surface area contributed by atoms with Gasteiger partial charge in [0.15, 0.2) is 0 Å². The highest BCUT2D eigenvalue weighted by Gasteiger charge is 2.12. The Morgan fingerprint density at radius 3 is 2.32 bits per heavy atom. The Labute approximate surface area is 182 Å². The molecule has 1 N–H and O–H groups in total. The number of benzene rings is 4. The lowest BCUT2D eigenvalue weighted by atomic mass is 10.1. The van der Waals surface area contributed by atoms with Crippen LogP contribution >= 0.6 is 0 Å². The molecule has 0 unspecified atom stereocenters. The number of carbonyl (C=O) groups excluding carboxylic acids is 1. The van der Waals surface area contributed by atoms with Gasteiger partial charge >= 0.3 is 0 Å². The molecule has 0 bridgehead atoms. The number of nitrogens with one attached hydrogen (secondary N) is 1. The van der Waals surface area contributed by atoms with Crippen LogP contribution in [-0.4, -0.2) is 13.0 Å². The lowest BCUT2D eigenvalue weighted by Crippen LogP contribution is -2.13. The number of rotatable bonds is 6. The standard InChI is InChI=1S/C27H25NO3/c1-18-12-19(2)14-24(13-18)28-27(29)22-9-11-26(30-3)23(15-22)17-31-25-10-8-20-6-4-5-7-21(20)16-25/h4-16H,17H2,1-3H3,(H,28,29). The topological polar surface area (TPSA) is 47.6 Å². The first-order valence-electron chi connectivity index (χ1n) is 10.2. The first-order chi connectivity index (χ1) is 15.0. The molecule has 4 heteroatoms. The number of methoxy groups -OCH3 is 1. The maximum absolute atomic E-state index is 12.8. The summed E-state index contributed by atoms with van der Waals surface area (Å²) in [6.45, 7) is 4.32. The zero-order chi connectivity index (χ0) is 21.8. The SMILES string of the molecule is COc1ccc(C(=O)Nc2cc(C)cc(C)c2)cc1COc1ccc2ccccc2c1. The molecule has 0 atom stereocenters. The lowest BCUT2D eigenvalue weighted by molar-refractivity contribution is 0.102. The number of fused-ring (bicyclic) bond motifs is 1. The summed E-state index contributed by atoms with van der Waals surface area (Å²) < 4.78 is 11.5. The fourth-order valence-electron chi connectivity index (χ4n) is 3.70. The molecule has 0 aliphatic rings. The van der Waals surface area contributed by atoms with Crippen LogP contribution < -0.4 is 14.8 Å². The zero-order valence-corrected chi connectivity index (χ0v) is 17.9. The number of aryl methyl sites for hydroxylation is 2. The first kappa shape index (κ1) is 20.5. The van der Waals surface area contributed by atoms with Gasteiger partial charge in [0, 0.05) is 16.8 Å². The average molecular weight is 412 g/mol. The molecule has 156 valence electrons. The summed E-state index contributed by atoms with van der Waals surface area (Å²) in [5, 5.41) is 5.26. The Hall–Kier alpha value is -3.79. The molecule has 0 saturated heterocycles. The Kier molecular flexibility index (Phi) is 5.89. The molecule has 4 nitrogen and oxygen atoms in total. The summed E-state index contributed by atoms with van der Waals surface area (Å²) in [4.78, 5) is 12.8. The predicted molar refractivity (Wildman–Crippen MR) is 125 cm³/mol. The second kappa shape index (κ2) is 8.92. The van der Waals surface area contributed by atoms with Gasteiger partial charge in [0.25, 0.3) is 5.91 Å². The van der Waals surface area contributed by atoms with Gasteiger partial charge in [-0.05, 0) is 78.2 Å². The molecule has 4 aromatic carbocycles. The van der Waals surface area contributed by atoms with E-state index in [0.717, 1.165) is 38.9 Å². The minimum Gasteiger partial charge on any atom is -0.496 e. The number of hydrogen-bond acceptors (Lipinski definition) is 3. The summed E-state index contributed by atoms with van der Waals surface area (Å²) in [6, 6.07) is 25.5. The molecule has 31 heavy (non-hydrogen) atoms. The van der Waals surface area contributed by atoms with Crippen LogP contribution in [0, 0.1) is 13.8 Å². The quantitative estimate of drug-likeness (QED) is 0.405. The molecule has 0 saturated carbocycles. The van der Waals surface area contributed by atoms with Gasteiger partial charge in [-0.25, -0.2) is 0 Å². The Balaban J connectivity index is 1.53. The van der Waals surface area contributed by atoms with E-state index < -0.39 is 0 Å². The number of amides is 1. The fraction of sp³-hybridized carbons (Fsp3) is 0.148. The van der Waals surface area contributed by atoms with E-state index in [0.29, 0.717) is 17.9 Å². The summed E-state index contributed by atoms with van der Waals surface area (Å²) in [5.74, 6) is 1.29. The van der Waals surface area contributed by atoms with Crippen LogP contribution in [0.15, 0.2) is 78.9 Å². The average Bonchev–Trinajstić information content (AvgIpc) is 2.76. The minimum absolute atomic E-state index is 0.167. The Morgan fingerprint density at radius 1 is 0.839 bits per heavy atom. The Bertz CT molecular complexity index is 1230. The van der Waals surface area contributed by atoms with E-state index >= 15 is 0 Å². The van der Waals surface area contributed by atoms with Gasteiger partial charge in [-0.2, -0.15) is 0 Å². The van der Waals surface area contributed by atoms with Gasteiger partial charge in [-0.1, -0.05) is 36.4 Å². The lowest BCUT2D eigenvalue weighted by Gasteiger charge is -2.13. The molecule has 1 amide bonds. The van der Waals surface area contributed by atoms with Gasteiger partial charge in [-0.15, -0.1) is 0 Å². The number of ether oxygens (including phenoxy) is 2. The van der Waals surface area contributed by atoms with Crippen molar-refractivity contribution in [1.29, 1.82) is 0 Å². The number of carbonyl (C=O) groups is 1. The molecule has 0 heterocycles. The van der Waals surface area contributed by atoms with Crippen LogP contribution in [-0.2, 0) is 6.61 Å². The smallest absolute Gasteiger partial charge is 0.255 e. The van der Waals surface area contributed by atoms with Crippen LogP contribution in [0.5, 0.6) is 11.5 Å². The first-order valence-corrected chi connectivity index (χ1v) is 10.2. The van der Waals surface area contributed by atoms with Crippen molar-refractivity contribution in [3.05, 3.63) is 101 Å². The van der Waals surface area contributed by atoms with E-state index in [1.165, 1.54) is 0 Å². The van der Waals surface area contributed by atoms with Crippen LogP contribution in [0.1, 0.15) is 27.0 Å². The fourth-order valence-corrected chi connectivity index (χ4v) is 3.70. The molecule has 0 aliphatic carbocycles. The maximum Gasteiger partial charge on any atom is 0.255 e. The minimum atomic E-state index is -0.167. The highest BCUT2D eigenvalue weighted by molar-refractivity contribution is 6.04. The van der Waals surface area contributed by atoms with Gasteiger partial charge in [-0.3, -0.25) is 4.79 Å². The maximum atomic E-state index is 12.8. The summed E-state index contributed by atoms with van der Waals surface area (Å²) >= 11 is 0. The van der Waals surface area contributed by atoms with Crippen molar-refractivity contribution in [3.8, 4) is 11.5 Å². The van der Waals surface area contributed by atoms with Gasteiger partial charge in [0.1, 0.15) is 18.1 Å². The number of hydrogen-bond donors (Lipinski definition) is 1. The highest BCUT2D eigenvalue weighted by atomic mass is 16.5. The van der Waals surface area contributed by atoms with E-state index in [4.69, 9.17) is 9.47 Å². The third kappa shape index (κ3) is 4.86. The van der Waals surface area contributed by atoms with Crippen molar-refractivity contribution in [2.75, 3.05) is 12.4 Å². The van der Waals surface area contributed by atoms with Gasteiger partial charge in [0.2, 0.25) is 0 Å². The van der Waals surface area contributed by atoms with Crippen molar-refractivity contribution in [1.82, 2.24) is 0 Å². The van der Waals surface area contributed by atoms with E-state index in [2.05, 4.69) is 23.5 Å². The van der Waals surface area contributed by atoms with Crippen LogP contribution in [0.3, 0.4) is 0 Å². The molecular formula is C27H25NO3. The van der Waals surface area contributed by atoms with Crippen molar-refractivity contribution in [3.63, 3.8) is 0 Å². The molecule has 4 rings (SSSR count).